The Hall–Kier alpha value is -2.11. The van der Waals surface area contributed by atoms with Gasteiger partial charge >= 0.3 is 6.09 Å². The zero-order valence-electron chi connectivity index (χ0n) is 15.9. The number of benzene rings is 1. The largest absolute Gasteiger partial charge is 0.444 e. The first-order valence-electron chi connectivity index (χ1n) is 9.19. The van der Waals surface area contributed by atoms with Gasteiger partial charge in [0.2, 0.25) is 5.91 Å². The molecule has 1 aromatic carbocycles. The third-order valence-corrected chi connectivity index (χ3v) is 5.19. The summed E-state index contributed by atoms with van der Waals surface area (Å²) in [7, 11) is 0. The van der Waals surface area contributed by atoms with Gasteiger partial charge < -0.3 is 14.5 Å². The molecule has 2 amide bonds. The Morgan fingerprint density at radius 2 is 1.81 bits per heavy atom. The Morgan fingerprint density at radius 3 is 2.38 bits per heavy atom. The fraction of sp³-hybridized carbons (Fsp3) is 0.600. The molecule has 3 rings (SSSR count). The molecule has 2 aliphatic rings. The van der Waals surface area contributed by atoms with Crippen molar-refractivity contribution in [2.24, 2.45) is 0 Å². The van der Waals surface area contributed by atoms with Crippen molar-refractivity contribution in [1.29, 1.82) is 0 Å². The van der Waals surface area contributed by atoms with Gasteiger partial charge in [-0.15, -0.1) is 0 Å². The van der Waals surface area contributed by atoms with Gasteiger partial charge in [-0.2, -0.15) is 0 Å². The molecule has 2 aliphatic heterocycles. The highest BCUT2D eigenvalue weighted by atomic mass is 19.1. The van der Waals surface area contributed by atoms with Crippen LogP contribution in [0.15, 0.2) is 24.3 Å². The SMILES string of the molecule is CC(=O)N1C[C@H](c2ccc(F)cc2)[C@@H]2[C@H]1CCCN2C(=O)OC(C)(C)C. The van der Waals surface area contributed by atoms with Crippen molar-refractivity contribution < 1.29 is 18.7 Å². The average molecular weight is 362 g/mol. The smallest absolute Gasteiger partial charge is 0.410 e. The molecule has 0 spiro atoms. The number of fused-ring (bicyclic) bond motifs is 1. The van der Waals surface area contributed by atoms with Crippen LogP contribution in [0, 0.1) is 5.82 Å². The summed E-state index contributed by atoms with van der Waals surface area (Å²) in [5.74, 6) is -0.327. The normalized spacial score (nSPS) is 25.8. The van der Waals surface area contributed by atoms with Gasteiger partial charge in [-0.05, 0) is 51.3 Å². The lowest BCUT2D eigenvalue weighted by atomic mass is 9.86. The summed E-state index contributed by atoms with van der Waals surface area (Å²) in [5.41, 5.74) is 0.370. The molecule has 0 unspecified atom stereocenters. The van der Waals surface area contributed by atoms with E-state index in [1.54, 1.807) is 24.0 Å². The number of hydrogen-bond acceptors (Lipinski definition) is 3. The van der Waals surface area contributed by atoms with E-state index in [2.05, 4.69) is 0 Å². The van der Waals surface area contributed by atoms with E-state index in [9.17, 15) is 14.0 Å². The van der Waals surface area contributed by atoms with Gasteiger partial charge in [0.05, 0.1) is 12.1 Å². The molecular weight excluding hydrogens is 335 g/mol. The van der Waals surface area contributed by atoms with Gasteiger partial charge in [0.15, 0.2) is 0 Å². The Balaban J connectivity index is 1.94. The molecule has 6 heteroatoms. The molecule has 0 bridgehead atoms. The summed E-state index contributed by atoms with van der Waals surface area (Å²) in [6.07, 6.45) is 1.35. The summed E-state index contributed by atoms with van der Waals surface area (Å²) >= 11 is 0. The summed E-state index contributed by atoms with van der Waals surface area (Å²) in [4.78, 5) is 28.6. The van der Waals surface area contributed by atoms with Crippen molar-refractivity contribution >= 4 is 12.0 Å². The average Bonchev–Trinajstić information content (AvgIpc) is 2.94. The summed E-state index contributed by atoms with van der Waals surface area (Å²) in [5, 5.41) is 0. The Kier molecular flexibility index (Phi) is 4.95. The van der Waals surface area contributed by atoms with Crippen LogP contribution in [0.1, 0.15) is 52.0 Å². The fourth-order valence-electron chi connectivity index (χ4n) is 4.19. The number of amides is 2. The third-order valence-electron chi connectivity index (χ3n) is 5.19. The van der Waals surface area contributed by atoms with Crippen LogP contribution in [0.3, 0.4) is 0 Å². The van der Waals surface area contributed by atoms with Crippen molar-refractivity contribution in [1.82, 2.24) is 9.80 Å². The maximum absolute atomic E-state index is 13.4. The Morgan fingerprint density at radius 1 is 1.15 bits per heavy atom. The minimum Gasteiger partial charge on any atom is -0.444 e. The first kappa shape index (κ1) is 18.7. The second-order valence-corrected chi connectivity index (χ2v) is 8.20. The van der Waals surface area contributed by atoms with Crippen molar-refractivity contribution in [2.45, 2.75) is 64.1 Å². The van der Waals surface area contributed by atoms with E-state index >= 15 is 0 Å². The van der Waals surface area contributed by atoms with Crippen LogP contribution < -0.4 is 0 Å². The van der Waals surface area contributed by atoms with E-state index in [1.807, 2.05) is 25.7 Å². The van der Waals surface area contributed by atoms with Gasteiger partial charge in [-0.3, -0.25) is 4.79 Å². The number of rotatable bonds is 1. The minimum atomic E-state index is -0.575. The highest BCUT2D eigenvalue weighted by Crippen LogP contribution is 2.40. The van der Waals surface area contributed by atoms with E-state index in [0.29, 0.717) is 13.1 Å². The van der Waals surface area contributed by atoms with Crippen molar-refractivity contribution in [3.8, 4) is 0 Å². The molecule has 1 aromatic rings. The second-order valence-electron chi connectivity index (χ2n) is 8.20. The topological polar surface area (TPSA) is 49.9 Å². The fourth-order valence-corrected chi connectivity index (χ4v) is 4.19. The van der Waals surface area contributed by atoms with Crippen LogP contribution in [-0.4, -0.2) is 52.6 Å². The van der Waals surface area contributed by atoms with Crippen molar-refractivity contribution in [2.75, 3.05) is 13.1 Å². The van der Waals surface area contributed by atoms with Crippen molar-refractivity contribution in [3.05, 3.63) is 35.6 Å². The van der Waals surface area contributed by atoms with Crippen LogP contribution in [0.25, 0.3) is 0 Å². The molecule has 0 saturated carbocycles. The standard InChI is InChI=1S/C20H27FN2O3/c1-13(24)23-12-16(14-7-9-15(21)10-8-14)18-17(23)6-5-11-22(18)19(25)26-20(2,3)4/h7-10,16-18H,5-6,11-12H2,1-4H3/t16-,17-,18-/m1/s1. The summed E-state index contributed by atoms with van der Waals surface area (Å²) < 4.78 is 19.0. The predicted octanol–water partition coefficient (Wildman–Crippen LogP) is 3.54. The quantitative estimate of drug-likeness (QED) is 0.768. The number of piperidine rings is 1. The van der Waals surface area contributed by atoms with Crippen LogP contribution in [0.4, 0.5) is 9.18 Å². The van der Waals surface area contributed by atoms with Gasteiger partial charge in [0, 0.05) is 25.9 Å². The maximum Gasteiger partial charge on any atom is 0.410 e. The number of likely N-dealkylation sites (tertiary alicyclic amines) is 2. The molecule has 0 aliphatic carbocycles. The minimum absolute atomic E-state index is 0.00986. The maximum atomic E-state index is 13.4. The first-order valence-corrected chi connectivity index (χ1v) is 9.19. The number of hydrogen-bond donors (Lipinski definition) is 0. The van der Waals surface area contributed by atoms with Crippen LogP contribution in [-0.2, 0) is 9.53 Å². The van der Waals surface area contributed by atoms with Gasteiger partial charge in [-0.25, -0.2) is 9.18 Å². The predicted molar refractivity (Wildman–Crippen MR) is 96.3 cm³/mol. The van der Waals surface area contributed by atoms with Crippen LogP contribution in [0.5, 0.6) is 0 Å². The van der Waals surface area contributed by atoms with E-state index in [1.165, 1.54) is 12.1 Å². The molecule has 26 heavy (non-hydrogen) atoms. The van der Waals surface area contributed by atoms with Crippen molar-refractivity contribution in [3.63, 3.8) is 0 Å². The molecule has 2 saturated heterocycles. The molecule has 142 valence electrons. The number of carbonyl (C=O) groups excluding carboxylic acids is 2. The molecule has 3 atom stereocenters. The molecule has 0 radical (unpaired) electrons. The molecule has 0 aromatic heterocycles. The van der Waals surface area contributed by atoms with Gasteiger partial charge in [0.25, 0.3) is 0 Å². The lowest BCUT2D eigenvalue weighted by Crippen LogP contribution is -2.54. The second kappa shape index (κ2) is 6.89. The van der Waals surface area contributed by atoms with E-state index in [-0.39, 0.29) is 35.8 Å². The molecule has 5 nitrogen and oxygen atoms in total. The molecular formula is C20H27FN2O3. The molecule has 2 fully saturated rings. The zero-order valence-corrected chi connectivity index (χ0v) is 15.9. The summed E-state index contributed by atoms with van der Waals surface area (Å²) in [6.45, 7) is 8.26. The lowest BCUT2D eigenvalue weighted by Gasteiger charge is -2.41. The van der Waals surface area contributed by atoms with Crippen LogP contribution in [0.2, 0.25) is 0 Å². The number of ether oxygens (including phenoxy) is 1. The molecule has 2 heterocycles. The Labute approximate surface area is 154 Å². The van der Waals surface area contributed by atoms with Crippen LogP contribution >= 0.6 is 0 Å². The van der Waals surface area contributed by atoms with Gasteiger partial charge in [0.1, 0.15) is 11.4 Å². The number of nitrogens with zero attached hydrogens (tertiary/aromatic N) is 2. The summed E-state index contributed by atoms with van der Waals surface area (Å²) in [6, 6.07) is 6.20. The first-order chi connectivity index (χ1) is 12.2. The lowest BCUT2D eigenvalue weighted by molar-refractivity contribution is -0.130. The highest BCUT2D eigenvalue weighted by Gasteiger charge is 2.50. The zero-order chi connectivity index (χ0) is 19.1. The number of halogens is 1. The van der Waals surface area contributed by atoms with Gasteiger partial charge in [-0.1, -0.05) is 12.1 Å². The molecule has 0 N–H and O–H groups in total. The van der Waals surface area contributed by atoms with E-state index in [0.717, 1.165) is 18.4 Å². The van der Waals surface area contributed by atoms with E-state index in [4.69, 9.17) is 4.74 Å². The highest BCUT2D eigenvalue weighted by molar-refractivity contribution is 5.75. The third kappa shape index (κ3) is 3.69. The Bertz CT molecular complexity index is 683. The monoisotopic (exact) mass is 362 g/mol. The number of carbonyl (C=O) groups is 2. The van der Waals surface area contributed by atoms with E-state index < -0.39 is 5.60 Å².